The molecule has 53 heavy (non-hydrogen) atoms. The number of aromatic nitrogens is 3. The average Bonchev–Trinajstić information content (AvgIpc) is 3.93. The zero-order chi connectivity index (χ0) is 36.7. The minimum absolute atomic E-state index is 0.120. The molecule has 2 saturated heterocycles. The molecule has 0 bridgehead atoms. The Kier molecular flexibility index (Phi) is 11.2. The Morgan fingerprint density at radius 1 is 0.925 bits per heavy atom. The molecule has 3 aliphatic heterocycles. The summed E-state index contributed by atoms with van der Waals surface area (Å²) >= 11 is 0. The molecule has 1 saturated carbocycles. The number of piperidine rings is 2. The van der Waals surface area contributed by atoms with Crippen molar-refractivity contribution in [3.63, 3.8) is 0 Å². The number of aldehydes is 1. The second-order valence-electron chi connectivity index (χ2n) is 14.4. The Hall–Kier alpha value is -5.36. The van der Waals surface area contributed by atoms with Gasteiger partial charge >= 0.3 is 0 Å². The molecule has 12 nitrogen and oxygen atoms in total. The maximum absolute atomic E-state index is 12.9. The van der Waals surface area contributed by atoms with Crippen LogP contribution in [-0.2, 0) is 33.9 Å². The first kappa shape index (κ1) is 36.0. The van der Waals surface area contributed by atoms with Gasteiger partial charge in [-0.3, -0.25) is 29.7 Å². The summed E-state index contributed by atoms with van der Waals surface area (Å²) in [5.74, 6) is 1.81. The third-order valence-corrected chi connectivity index (χ3v) is 11.0. The first-order chi connectivity index (χ1) is 25.9. The molecule has 3 atom stereocenters. The molecule has 3 fully saturated rings. The number of nitrogens with zero attached hydrogens (tertiary/aromatic N) is 4. The highest BCUT2D eigenvalue weighted by atomic mass is 16.5. The molecule has 8 rings (SSSR count). The van der Waals surface area contributed by atoms with Gasteiger partial charge in [-0.2, -0.15) is 5.10 Å². The van der Waals surface area contributed by atoms with Crippen molar-refractivity contribution in [2.75, 3.05) is 25.5 Å². The molecule has 3 N–H and O–H groups in total. The average molecular weight is 718 g/mol. The lowest BCUT2D eigenvalue weighted by atomic mass is 9.87. The number of H-pyrrole nitrogens is 1. The summed E-state index contributed by atoms with van der Waals surface area (Å²) in [6.07, 6.45) is 9.39. The number of hydrogen-bond acceptors (Lipinski definition) is 9. The van der Waals surface area contributed by atoms with Crippen LogP contribution in [0.3, 0.4) is 0 Å². The molecule has 12 heteroatoms. The van der Waals surface area contributed by atoms with E-state index in [0.717, 1.165) is 75.0 Å². The van der Waals surface area contributed by atoms with Crippen LogP contribution in [0.5, 0.6) is 5.88 Å². The number of benzene rings is 2. The highest BCUT2D eigenvalue weighted by Gasteiger charge is 2.39. The quantitative estimate of drug-likeness (QED) is 0.150. The van der Waals surface area contributed by atoms with Gasteiger partial charge in [-0.15, -0.1) is 0 Å². The molecule has 2 aromatic heterocycles. The van der Waals surface area contributed by atoms with Gasteiger partial charge in [0.25, 0.3) is 5.91 Å². The third-order valence-electron chi connectivity index (χ3n) is 11.0. The molecule has 0 spiro atoms. The lowest BCUT2D eigenvalue weighted by Crippen LogP contribution is -2.52. The lowest BCUT2D eigenvalue weighted by molar-refractivity contribution is -0.136. The van der Waals surface area contributed by atoms with Crippen LogP contribution in [0.1, 0.15) is 95.1 Å². The van der Waals surface area contributed by atoms with E-state index < -0.39 is 6.04 Å². The number of carbonyl (C=O) groups excluding carboxylic acids is 4. The van der Waals surface area contributed by atoms with E-state index in [9.17, 15) is 19.2 Å². The predicted molar refractivity (Wildman–Crippen MR) is 199 cm³/mol. The molecule has 2 aromatic carbocycles. The van der Waals surface area contributed by atoms with Crippen LogP contribution >= 0.6 is 0 Å². The van der Waals surface area contributed by atoms with E-state index in [-0.39, 0.29) is 30.2 Å². The zero-order valence-corrected chi connectivity index (χ0v) is 30.1. The molecular formula is C41H47N7O5. The fraction of sp³-hybridized carbons (Fsp3) is 0.415. The lowest BCUT2D eigenvalue weighted by Gasteiger charge is -2.32. The standard InChI is InChI=1S/C27H29N3O4.C14H18N4O/c31-14-11-18-1-3-19(4-2-18)16-29-12-9-20(10-13-29)21-5-6-23-22(15-21)17-30(27(23)34)24-7-8-25(32)28-26(24)33;1-15-13-9-12(17-18-13)10-5-6-11(8-10)19-14-4-2-3-7-16-14/h1-6,14-15,20,24H,7-13,16-17H2,(H,28,32,33);2-4,7,9-11H,5-6,8H2,1H3,(H2,15,17,18). The molecule has 4 aliphatic rings. The maximum Gasteiger partial charge on any atom is 0.255 e. The topological polar surface area (TPSA) is 150 Å². The molecule has 0 radical (unpaired) electrons. The van der Waals surface area contributed by atoms with Crippen molar-refractivity contribution < 1.29 is 23.9 Å². The summed E-state index contributed by atoms with van der Waals surface area (Å²) in [6.45, 7) is 3.36. The van der Waals surface area contributed by atoms with Crippen LogP contribution in [0, 0.1) is 0 Å². The molecule has 276 valence electrons. The van der Waals surface area contributed by atoms with Crippen molar-refractivity contribution in [1.82, 2.24) is 30.3 Å². The monoisotopic (exact) mass is 717 g/mol. The number of pyridine rings is 1. The van der Waals surface area contributed by atoms with E-state index in [4.69, 9.17) is 4.74 Å². The number of fused-ring (bicyclic) bond motifs is 1. The van der Waals surface area contributed by atoms with E-state index in [2.05, 4.69) is 61.0 Å². The summed E-state index contributed by atoms with van der Waals surface area (Å²) in [5.41, 5.74) is 6.40. The third kappa shape index (κ3) is 8.65. The molecule has 5 heterocycles. The normalized spacial score (nSPS) is 21.8. The van der Waals surface area contributed by atoms with Crippen LogP contribution in [0.4, 0.5) is 5.82 Å². The van der Waals surface area contributed by atoms with Crippen LogP contribution in [0.2, 0.25) is 0 Å². The Labute approximate surface area is 309 Å². The second-order valence-corrected chi connectivity index (χ2v) is 14.4. The van der Waals surface area contributed by atoms with Gasteiger partial charge in [-0.25, -0.2) is 4.98 Å². The first-order valence-corrected chi connectivity index (χ1v) is 18.7. The van der Waals surface area contributed by atoms with Crippen LogP contribution in [0.25, 0.3) is 0 Å². The molecule has 3 amide bonds. The van der Waals surface area contributed by atoms with Crippen molar-refractivity contribution in [3.05, 3.63) is 106 Å². The summed E-state index contributed by atoms with van der Waals surface area (Å²) < 4.78 is 5.90. The number of imide groups is 1. The molecule has 3 unspecified atom stereocenters. The summed E-state index contributed by atoms with van der Waals surface area (Å²) in [4.78, 5) is 55.6. The van der Waals surface area contributed by atoms with Crippen molar-refractivity contribution in [1.29, 1.82) is 0 Å². The summed E-state index contributed by atoms with van der Waals surface area (Å²) in [7, 11) is 1.88. The largest absolute Gasteiger partial charge is 0.474 e. The van der Waals surface area contributed by atoms with Crippen LogP contribution < -0.4 is 15.4 Å². The van der Waals surface area contributed by atoms with Crippen molar-refractivity contribution in [2.24, 2.45) is 0 Å². The second kappa shape index (κ2) is 16.5. The number of carbonyl (C=O) groups is 4. The number of ether oxygens (including phenoxy) is 1. The SMILES string of the molecule is CNc1cc(C2CCC(Oc3ccccn3)C2)[nH]n1.O=CCc1ccc(CN2CCC(c3ccc4c(c3)CN(C3CCC(=O)NC3=O)C4=O)CC2)cc1. The molecular weight excluding hydrogens is 670 g/mol. The number of amides is 3. The fourth-order valence-corrected chi connectivity index (χ4v) is 8.00. The minimum Gasteiger partial charge on any atom is -0.474 e. The fourth-order valence-electron chi connectivity index (χ4n) is 8.00. The van der Waals surface area contributed by atoms with Crippen molar-refractivity contribution >= 4 is 29.8 Å². The van der Waals surface area contributed by atoms with E-state index in [1.165, 1.54) is 16.8 Å². The van der Waals surface area contributed by atoms with Gasteiger partial charge in [0.05, 0.1) is 0 Å². The van der Waals surface area contributed by atoms with E-state index in [1.807, 2.05) is 43.4 Å². The van der Waals surface area contributed by atoms with Gasteiger partial charge in [0.2, 0.25) is 17.7 Å². The first-order valence-electron chi connectivity index (χ1n) is 18.7. The van der Waals surface area contributed by atoms with Gasteiger partial charge in [0, 0.05) is 68.5 Å². The van der Waals surface area contributed by atoms with E-state index >= 15 is 0 Å². The summed E-state index contributed by atoms with van der Waals surface area (Å²) in [5, 5.41) is 12.7. The van der Waals surface area contributed by atoms with Gasteiger partial charge in [0.15, 0.2) is 0 Å². The number of aromatic amines is 1. The number of likely N-dealkylation sites (tertiary alicyclic amines) is 1. The number of hydrogen-bond donors (Lipinski definition) is 3. The Balaban J connectivity index is 0.000000193. The van der Waals surface area contributed by atoms with E-state index in [1.54, 1.807) is 11.1 Å². The smallest absolute Gasteiger partial charge is 0.255 e. The van der Waals surface area contributed by atoms with Crippen LogP contribution in [-0.4, -0.2) is 81.3 Å². The Morgan fingerprint density at radius 2 is 1.74 bits per heavy atom. The highest BCUT2D eigenvalue weighted by molar-refractivity contribution is 6.05. The maximum atomic E-state index is 12.9. The number of rotatable bonds is 10. The minimum atomic E-state index is -0.572. The summed E-state index contributed by atoms with van der Waals surface area (Å²) in [6, 6.07) is 21.6. The van der Waals surface area contributed by atoms with Gasteiger partial charge in [-0.1, -0.05) is 42.5 Å². The predicted octanol–water partition coefficient (Wildman–Crippen LogP) is 5.13. The Morgan fingerprint density at radius 3 is 2.45 bits per heavy atom. The van der Waals surface area contributed by atoms with Gasteiger partial charge in [-0.05, 0) is 91.9 Å². The molecule has 1 aliphatic carbocycles. The Bertz CT molecular complexity index is 1910. The zero-order valence-electron chi connectivity index (χ0n) is 30.1. The van der Waals surface area contributed by atoms with Gasteiger partial charge in [0.1, 0.15) is 24.2 Å². The number of anilines is 1. The number of nitrogens with one attached hydrogen (secondary N) is 3. The van der Waals surface area contributed by atoms with Crippen molar-refractivity contribution in [3.8, 4) is 5.88 Å². The van der Waals surface area contributed by atoms with Crippen molar-refractivity contribution in [2.45, 2.75) is 88.4 Å². The molecule has 4 aromatic rings. The van der Waals surface area contributed by atoms with Gasteiger partial charge < -0.3 is 19.7 Å². The van der Waals surface area contributed by atoms with E-state index in [0.29, 0.717) is 42.7 Å². The highest BCUT2D eigenvalue weighted by Crippen LogP contribution is 2.36. The van der Waals surface area contributed by atoms with Crippen LogP contribution in [0.15, 0.2) is 72.9 Å².